The number of hydrogen-bond donors (Lipinski definition) is 0. The summed E-state index contributed by atoms with van der Waals surface area (Å²) in [6.07, 6.45) is 0.0349. The van der Waals surface area contributed by atoms with Crippen molar-refractivity contribution in [1.29, 1.82) is 0 Å². The molecule has 2 rings (SSSR count). The predicted molar refractivity (Wildman–Crippen MR) is 88.8 cm³/mol. The molecule has 0 aliphatic rings. The van der Waals surface area contributed by atoms with Gasteiger partial charge in [0.2, 0.25) is 0 Å². The molecule has 0 unspecified atom stereocenters. The zero-order chi connectivity index (χ0) is 16.7. The van der Waals surface area contributed by atoms with Gasteiger partial charge in [0.1, 0.15) is 19.0 Å². The molecule has 122 valence electrons. The zero-order valence-corrected chi connectivity index (χ0v) is 13.7. The molecule has 2 atom stereocenters. The van der Waals surface area contributed by atoms with Gasteiger partial charge in [0.25, 0.3) is 0 Å². The maximum Gasteiger partial charge on any atom is 0.166 e. The lowest BCUT2D eigenvalue weighted by Gasteiger charge is -2.20. The van der Waals surface area contributed by atoms with Crippen molar-refractivity contribution in [1.82, 2.24) is 0 Å². The highest BCUT2D eigenvalue weighted by atomic mass is 16.5. The lowest BCUT2D eigenvalue weighted by molar-refractivity contribution is -0.120. The van der Waals surface area contributed by atoms with Gasteiger partial charge in [-0.25, -0.2) is 0 Å². The number of carbonyl (C=O) groups excluding carboxylic acids is 1. The molecule has 4 nitrogen and oxygen atoms in total. The van der Waals surface area contributed by atoms with Gasteiger partial charge >= 0.3 is 0 Å². The number of ether oxygens (including phenoxy) is 3. The second-order valence-electron chi connectivity index (χ2n) is 5.27. The van der Waals surface area contributed by atoms with E-state index in [1.807, 2.05) is 55.5 Å². The summed E-state index contributed by atoms with van der Waals surface area (Å²) in [5, 5.41) is 0. The van der Waals surface area contributed by atoms with Crippen LogP contribution >= 0.6 is 0 Å². The fourth-order valence-corrected chi connectivity index (χ4v) is 2.35. The molecular formula is C19H22O4. The molecular weight excluding hydrogens is 292 g/mol. The van der Waals surface area contributed by atoms with E-state index in [1.54, 1.807) is 14.0 Å². The normalized spacial score (nSPS) is 13.2. The molecule has 0 aliphatic heterocycles. The quantitative estimate of drug-likeness (QED) is 0.692. The molecule has 0 N–H and O–H groups in total. The second-order valence-corrected chi connectivity index (χ2v) is 5.27. The number of para-hydroxylation sites is 1. The van der Waals surface area contributed by atoms with Crippen LogP contribution in [0.4, 0.5) is 0 Å². The van der Waals surface area contributed by atoms with Gasteiger partial charge in [0, 0.05) is 5.56 Å². The summed E-state index contributed by atoms with van der Waals surface area (Å²) in [6, 6.07) is 15.6. The van der Waals surface area contributed by atoms with Crippen molar-refractivity contribution in [3.63, 3.8) is 0 Å². The van der Waals surface area contributed by atoms with Crippen LogP contribution < -0.4 is 9.47 Å². The third-order valence-corrected chi connectivity index (χ3v) is 3.50. The zero-order valence-electron chi connectivity index (χ0n) is 13.7. The smallest absolute Gasteiger partial charge is 0.166 e. The molecule has 0 heterocycles. The Balaban J connectivity index is 2.17. The van der Waals surface area contributed by atoms with Crippen LogP contribution in [0.15, 0.2) is 48.5 Å². The predicted octanol–water partition coefficient (Wildman–Crippen LogP) is 3.94. The molecule has 0 spiro atoms. The first-order valence-corrected chi connectivity index (χ1v) is 7.60. The summed E-state index contributed by atoms with van der Waals surface area (Å²) in [4.78, 5) is 10.8. The van der Waals surface area contributed by atoms with Crippen LogP contribution in [0.2, 0.25) is 0 Å². The largest absolute Gasteiger partial charge is 0.492 e. The van der Waals surface area contributed by atoms with E-state index in [0.29, 0.717) is 18.1 Å². The van der Waals surface area contributed by atoms with Gasteiger partial charge in [-0.15, -0.1) is 0 Å². The van der Waals surface area contributed by atoms with Crippen LogP contribution in [0.1, 0.15) is 31.1 Å². The van der Waals surface area contributed by atoms with Crippen LogP contribution in [0.25, 0.3) is 0 Å². The maximum absolute atomic E-state index is 10.8. The fourth-order valence-electron chi connectivity index (χ4n) is 2.35. The topological polar surface area (TPSA) is 44.8 Å². The van der Waals surface area contributed by atoms with E-state index < -0.39 is 6.10 Å². The molecule has 0 amide bonds. The average Bonchev–Trinajstić information content (AvgIpc) is 2.60. The van der Waals surface area contributed by atoms with Gasteiger partial charge in [-0.3, -0.25) is 0 Å². The van der Waals surface area contributed by atoms with Crippen molar-refractivity contribution in [3.8, 4) is 11.5 Å². The Morgan fingerprint density at radius 1 is 1.04 bits per heavy atom. The highest BCUT2D eigenvalue weighted by Gasteiger charge is 2.18. The summed E-state index contributed by atoms with van der Waals surface area (Å²) < 4.78 is 17.0. The first kappa shape index (κ1) is 17.0. The summed E-state index contributed by atoms with van der Waals surface area (Å²) in [5.41, 5.74) is 1.94. The minimum Gasteiger partial charge on any atom is -0.492 e. The molecule has 0 saturated heterocycles. The Hall–Kier alpha value is -2.33. The number of methoxy groups -OCH3 is 1. The molecule has 0 fully saturated rings. The van der Waals surface area contributed by atoms with E-state index in [4.69, 9.17) is 14.2 Å². The highest BCUT2D eigenvalue weighted by Crippen LogP contribution is 2.36. The first-order valence-electron chi connectivity index (χ1n) is 7.60. The van der Waals surface area contributed by atoms with Gasteiger partial charge < -0.3 is 19.0 Å². The van der Waals surface area contributed by atoms with Crippen molar-refractivity contribution in [2.45, 2.75) is 32.7 Å². The summed E-state index contributed by atoms with van der Waals surface area (Å²) in [6.45, 7) is 4.06. The maximum atomic E-state index is 10.8. The van der Waals surface area contributed by atoms with Crippen molar-refractivity contribution >= 4 is 6.29 Å². The highest BCUT2D eigenvalue weighted by molar-refractivity contribution is 5.55. The van der Waals surface area contributed by atoms with Gasteiger partial charge in [0.15, 0.2) is 11.5 Å². The molecule has 0 radical (unpaired) electrons. The second kappa shape index (κ2) is 8.34. The third-order valence-electron chi connectivity index (χ3n) is 3.50. The number of benzene rings is 2. The molecule has 2 aromatic carbocycles. The molecule has 0 bridgehead atoms. The van der Waals surface area contributed by atoms with Gasteiger partial charge in [-0.05, 0) is 25.5 Å². The van der Waals surface area contributed by atoms with E-state index in [9.17, 15) is 4.79 Å². The Morgan fingerprint density at radius 3 is 2.43 bits per heavy atom. The van der Waals surface area contributed by atoms with E-state index in [-0.39, 0.29) is 6.10 Å². The van der Waals surface area contributed by atoms with Crippen LogP contribution in [-0.4, -0.2) is 19.5 Å². The lowest BCUT2D eigenvalue weighted by Crippen LogP contribution is -2.13. The van der Waals surface area contributed by atoms with E-state index >= 15 is 0 Å². The van der Waals surface area contributed by atoms with Crippen LogP contribution in [-0.2, 0) is 16.1 Å². The minimum atomic E-state index is -0.469. The SMILES string of the molecule is COc1c(OCc2ccccc2)cccc1[C@H](C)O[C@@H](C)C=O. The van der Waals surface area contributed by atoms with Crippen LogP contribution in [0.3, 0.4) is 0 Å². The Kier molecular flexibility index (Phi) is 6.18. The van der Waals surface area contributed by atoms with Gasteiger partial charge in [-0.2, -0.15) is 0 Å². The van der Waals surface area contributed by atoms with Crippen LogP contribution in [0, 0.1) is 0 Å². The van der Waals surface area contributed by atoms with Crippen LogP contribution in [0.5, 0.6) is 11.5 Å². The monoisotopic (exact) mass is 314 g/mol. The van der Waals surface area contributed by atoms with Crippen molar-refractivity contribution in [2.75, 3.05) is 7.11 Å². The standard InChI is InChI=1S/C19H22O4/c1-14(12-20)23-15(2)17-10-7-11-18(19(17)21-3)22-13-16-8-5-4-6-9-16/h4-12,14-15H,13H2,1-3H3/t14-,15-/m0/s1. The number of carbonyl (C=O) groups is 1. The summed E-state index contributed by atoms with van der Waals surface area (Å²) in [7, 11) is 1.60. The summed E-state index contributed by atoms with van der Waals surface area (Å²) in [5.74, 6) is 1.29. The Labute approximate surface area is 137 Å². The molecule has 0 aromatic heterocycles. The van der Waals surface area contributed by atoms with E-state index in [0.717, 1.165) is 17.4 Å². The molecule has 0 saturated carbocycles. The van der Waals surface area contributed by atoms with Gasteiger partial charge in [-0.1, -0.05) is 42.5 Å². The van der Waals surface area contributed by atoms with Crippen molar-refractivity contribution in [2.24, 2.45) is 0 Å². The average molecular weight is 314 g/mol. The van der Waals surface area contributed by atoms with Gasteiger partial charge in [0.05, 0.1) is 13.2 Å². The van der Waals surface area contributed by atoms with Crippen molar-refractivity contribution < 1.29 is 19.0 Å². The molecule has 2 aromatic rings. The summed E-state index contributed by atoms with van der Waals surface area (Å²) >= 11 is 0. The molecule has 23 heavy (non-hydrogen) atoms. The number of hydrogen-bond acceptors (Lipinski definition) is 4. The van der Waals surface area contributed by atoms with E-state index in [1.165, 1.54) is 0 Å². The molecule has 0 aliphatic carbocycles. The molecule has 4 heteroatoms. The van der Waals surface area contributed by atoms with Crippen molar-refractivity contribution in [3.05, 3.63) is 59.7 Å². The lowest BCUT2D eigenvalue weighted by atomic mass is 10.1. The number of aldehydes is 1. The fraction of sp³-hybridized carbons (Fsp3) is 0.316. The van der Waals surface area contributed by atoms with E-state index in [2.05, 4.69) is 0 Å². The Bertz CT molecular complexity index is 625. The first-order chi connectivity index (χ1) is 11.2. The third kappa shape index (κ3) is 4.57. The number of rotatable bonds is 8. The Morgan fingerprint density at radius 2 is 1.78 bits per heavy atom. The minimum absolute atomic E-state index is 0.273.